The molecule has 1 aliphatic rings. The average Bonchev–Trinajstić information content (AvgIpc) is 3.54. The summed E-state index contributed by atoms with van der Waals surface area (Å²) in [4.78, 5) is 12.7. The molecule has 3 rings (SSSR count). The summed E-state index contributed by atoms with van der Waals surface area (Å²) >= 11 is 0. The van der Waals surface area contributed by atoms with Crippen LogP contribution < -0.4 is 10.0 Å². The maximum Gasteiger partial charge on any atom is 0.244 e. The molecule has 6 heteroatoms. The van der Waals surface area contributed by atoms with Gasteiger partial charge in [-0.15, -0.1) is 0 Å². The maximum atomic E-state index is 12.5. The lowest BCUT2D eigenvalue weighted by atomic mass is 9.95. The smallest absolute Gasteiger partial charge is 0.244 e. The van der Waals surface area contributed by atoms with Crippen molar-refractivity contribution in [2.75, 3.05) is 0 Å². The summed E-state index contributed by atoms with van der Waals surface area (Å²) in [7, 11) is -3.46. The van der Waals surface area contributed by atoms with Crippen LogP contribution in [0.5, 0.6) is 0 Å². The molecule has 0 bridgehead atoms. The largest absolute Gasteiger partial charge is 0.345 e. The molecule has 2 N–H and O–H groups in total. The van der Waals surface area contributed by atoms with Crippen LogP contribution in [0, 0.1) is 5.92 Å². The maximum absolute atomic E-state index is 12.5. The molecule has 1 saturated carbocycles. The van der Waals surface area contributed by atoms with Crippen molar-refractivity contribution in [2.45, 2.75) is 57.0 Å². The second-order valence-corrected chi connectivity index (χ2v) is 9.84. The van der Waals surface area contributed by atoms with Crippen molar-refractivity contribution in [3.63, 3.8) is 0 Å². The van der Waals surface area contributed by atoms with Gasteiger partial charge in [-0.3, -0.25) is 4.79 Å². The molecular weight excluding hydrogens is 396 g/mol. The first-order valence-electron chi connectivity index (χ1n) is 10.5. The zero-order valence-electron chi connectivity index (χ0n) is 17.8. The van der Waals surface area contributed by atoms with E-state index in [4.69, 9.17) is 0 Å². The van der Waals surface area contributed by atoms with Gasteiger partial charge in [0.15, 0.2) is 0 Å². The molecule has 0 heterocycles. The number of benzene rings is 2. The summed E-state index contributed by atoms with van der Waals surface area (Å²) in [6.07, 6.45) is 5.96. The van der Waals surface area contributed by atoms with Gasteiger partial charge >= 0.3 is 0 Å². The van der Waals surface area contributed by atoms with Crippen molar-refractivity contribution >= 4 is 22.0 Å². The van der Waals surface area contributed by atoms with Gasteiger partial charge in [-0.1, -0.05) is 57.2 Å². The van der Waals surface area contributed by atoms with Crippen LogP contribution in [-0.2, 0) is 21.2 Å². The Morgan fingerprint density at radius 2 is 1.70 bits per heavy atom. The zero-order valence-corrected chi connectivity index (χ0v) is 18.6. The lowest BCUT2D eigenvalue weighted by Crippen LogP contribution is -2.30. The SMILES string of the molecule is CCc1ccc(C(NC(=O)/C=C/c2ccc(S(=O)(=O)NC3CC3)cc2)C(C)C)cc1. The number of aryl methyl sites for hydroxylation is 1. The van der Waals surface area contributed by atoms with Crippen molar-refractivity contribution in [1.82, 2.24) is 10.0 Å². The third-order valence-electron chi connectivity index (χ3n) is 5.23. The highest BCUT2D eigenvalue weighted by atomic mass is 32.2. The van der Waals surface area contributed by atoms with E-state index in [1.165, 1.54) is 11.6 Å². The molecule has 0 aromatic heterocycles. The van der Waals surface area contributed by atoms with E-state index >= 15 is 0 Å². The molecule has 1 unspecified atom stereocenters. The number of hydrogen-bond donors (Lipinski definition) is 2. The van der Waals surface area contributed by atoms with Crippen molar-refractivity contribution in [3.8, 4) is 0 Å². The topological polar surface area (TPSA) is 75.3 Å². The van der Waals surface area contributed by atoms with Crippen LogP contribution >= 0.6 is 0 Å². The Hall–Kier alpha value is -2.44. The highest BCUT2D eigenvalue weighted by Crippen LogP contribution is 2.23. The van der Waals surface area contributed by atoms with Crippen LogP contribution in [-0.4, -0.2) is 20.4 Å². The van der Waals surface area contributed by atoms with Gasteiger partial charge in [0.1, 0.15) is 0 Å². The molecule has 0 aliphatic heterocycles. The van der Waals surface area contributed by atoms with Gasteiger partial charge in [0.2, 0.25) is 15.9 Å². The van der Waals surface area contributed by atoms with Crippen LogP contribution in [0.15, 0.2) is 59.5 Å². The quantitative estimate of drug-likeness (QED) is 0.590. The predicted octanol–water partition coefficient (Wildman–Crippen LogP) is 4.22. The number of carbonyl (C=O) groups excluding carboxylic acids is 1. The molecule has 1 fully saturated rings. The Morgan fingerprint density at radius 3 is 2.23 bits per heavy atom. The number of nitrogens with one attached hydrogen (secondary N) is 2. The van der Waals surface area contributed by atoms with Crippen LogP contribution in [0.2, 0.25) is 0 Å². The van der Waals surface area contributed by atoms with Crippen LogP contribution in [0.25, 0.3) is 6.08 Å². The van der Waals surface area contributed by atoms with Gasteiger partial charge in [0.25, 0.3) is 0 Å². The van der Waals surface area contributed by atoms with Crippen molar-refractivity contribution in [3.05, 3.63) is 71.3 Å². The Kier molecular flexibility index (Phi) is 7.10. The number of rotatable bonds is 9. The summed E-state index contributed by atoms with van der Waals surface area (Å²) < 4.78 is 27.1. The Bertz CT molecular complexity index is 990. The molecule has 1 aliphatic carbocycles. The van der Waals surface area contributed by atoms with E-state index in [9.17, 15) is 13.2 Å². The molecule has 0 spiro atoms. The minimum atomic E-state index is -3.46. The summed E-state index contributed by atoms with van der Waals surface area (Å²) in [5.41, 5.74) is 3.12. The monoisotopic (exact) mass is 426 g/mol. The molecule has 30 heavy (non-hydrogen) atoms. The van der Waals surface area contributed by atoms with Crippen molar-refractivity contribution < 1.29 is 13.2 Å². The van der Waals surface area contributed by atoms with Crippen molar-refractivity contribution in [2.24, 2.45) is 5.92 Å². The summed E-state index contributed by atoms with van der Waals surface area (Å²) in [6.45, 7) is 6.28. The lowest BCUT2D eigenvalue weighted by Gasteiger charge is -2.22. The second kappa shape index (κ2) is 9.58. The standard InChI is InChI=1S/C24H30N2O3S/c1-4-18-5-10-20(11-6-18)24(17(2)3)25-23(27)16-9-19-7-14-22(15-8-19)30(28,29)26-21-12-13-21/h5-11,14-17,21,24,26H,4,12-13H2,1-3H3,(H,25,27)/b16-9+. The fraction of sp³-hybridized carbons (Fsp3) is 0.375. The van der Waals surface area contributed by atoms with Gasteiger partial charge in [0, 0.05) is 12.1 Å². The van der Waals surface area contributed by atoms with Gasteiger partial charge in [0.05, 0.1) is 10.9 Å². The lowest BCUT2D eigenvalue weighted by molar-refractivity contribution is -0.117. The Labute approximate surface area is 179 Å². The van der Waals surface area contributed by atoms with E-state index in [2.05, 4.69) is 55.1 Å². The minimum absolute atomic E-state index is 0.0744. The van der Waals surface area contributed by atoms with E-state index in [-0.39, 0.29) is 28.8 Å². The van der Waals surface area contributed by atoms with Crippen LogP contribution in [0.4, 0.5) is 0 Å². The molecule has 5 nitrogen and oxygen atoms in total. The third kappa shape index (κ3) is 6.03. The van der Waals surface area contributed by atoms with E-state index < -0.39 is 10.0 Å². The molecule has 0 saturated heterocycles. The number of sulfonamides is 1. The molecule has 1 atom stereocenters. The number of carbonyl (C=O) groups is 1. The van der Waals surface area contributed by atoms with Crippen LogP contribution in [0.3, 0.4) is 0 Å². The van der Waals surface area contributed by atoms with E-state index in [0.29, 0.717) is 0 Å². The summed E-state index contributed by atoms with van der Waals surface area (Å²) in [5, 5.41) is 3.07. The van der Waals surface area contributed by atoms with Gasteiger partial charge in [-0.2, -0.15) is 0 Å². The first kappa shape index (κ1) is 22.2. The van der Waals surface area contributed by atoms with E-state index in [0.717, 1.165) is 30.4 Å². The van der Waals surface area contributed by atoms with Gasteiger partial charge in [-0.05, 0) is 60.1 Å². The third-order valence-corrected chi connectivity index (χ3v) is 6.76. The minimum Gasteiger partial charge on any atom is -0.345 e. The van der Waals surface area contributed by atoms with Gasteiger partial charge in [-0.25, -0.2) is 13.1 Å². The summed E-state index contributed by atoms with van der Waals surface area (Å²) in [5.74, 6) is 0.0682. The molecule has 160 valence electrons. The normalized spacial score (nSPS) is 15.5. The molecule has 2 aromatic carbocycles. The number of hydrogen-bond acceptors (Lipinski definition) is 3. The average molecular weight is 427 g/mol. The molecular formula is C24H30N2O3S. The van der Waals surface area contributed by atoms with Crippen LogP contribution in [0.1, 0.15) is 56.3 Å². The molecule has 0 radical (unpaired) electrons. The highest BCUT2D eigenvalue weighted by Gasteiger charge is 2.27. The highest BCUT2D eigenvalue weighted by molar-refractivity contribution is 7.89. The zero-order chi connectivity index (χ0) is 21.7. The fourth-order valence-electron chi connectivity index (χ4n) is 3.22. The van der Waals surface area contributed by atoms with E-state index in [1.54, 1.807) is 30.3 Å². The van der Waals surface area contributed by atoms with Gasteiger partial charge < -0.3 is 5.32 Å². The first-order valence-corrected chi connectivity index (χ1v) is 12.0. The Balaban J connectivity index is 1.63. The molecule has 2 aromatic rings. The summed E-state index contributed by atoms with van der Waals surface area (Å²) in [6, 6.07) is 14.9. The number of amides is 1. The Morgan fingerprint density at radius 1 is 1.07 bits per heavy atom. The fourth-order valence-corrected chi connectivity index (χ4v) is 4.52. The van der Waals surface area contributed by atoms with Crippen molar-refractivity contribution in [1.29, 1.82) is 0 Å². The first-order chi connectivity index (χ1) is 14.3. The van der Waals surface area contributed by atoms with E-state index in [1.807, 2.05) is 0 Å². The predicted molar refractivity (Wildman–Crippen MR) is 120 cm³/mol. The second-order valence-electron chi connectivity index (χ2n) is 8.12. The molecule has 1 amide bonds.